The summed E-state index contributed by atoms with van der Waals surface area (Å²) in [4.78, 5) is 29.5. The quantitative estimate of drug-likeness (QED) is 0.304. The molecule has 0 N–H and O–H groups in total. The van der Waals surface area contributed by atoms with Gasteiger partial charge in [-0.2, -0.15) is 9.78 Å². The number of aromatic nitrogens is 3. The fourth-order valence-electron chi connectivity index (χ4n) is 4.53. The average Bonchev–Trinajstić information content (AvgIpc) is 3.23. The minimum Gasteiger partial charge on any atom is -0.497 e. The van der Waals surface area contributed by atoms with E-state index in [-0.39, 0.29) is 17.2 Å². The van der Waals surface area contributed by atoms with Crippen LogP contribution in [0, 0.1) is 6.92 Å². The van der Waals surface area contributed by atoms with E-state index in [0.717, 1.165) is 22.2 Å². The largest absolute Gasteiger partial charge is 0.497 e. The molecule has 0 fully saturated rings. The Hall–Kier alpha value is -4.39. The molecule has 1 amide bonds. The molecule has 2 aromatic heterocycles. The van der Waals surface area contributed by atoms with Crippen LogP contribution in [0.1, 0.15) is 36.8 Å². The highest BCUT2D eigenvalue weighted by molar-refractivity contribution is 6.20. The van der Waals surface area contributed by atoms with E-state index in [1.54, 1.807) is 12.0 Å². The third-order valence-electron chi connectivity index (χ3n) is 6.35. The van der Waals surface area contributed by atoms with Gasteiger partial charge in [-0.15, -0.1) is 0 Å². The average molecular weight is 497 g/mol. The molecule has 3 aromatic carbocycles. The Labute approximate surface area is 216 Å². The van der Waals surface area contributed by atoms with Crippen molar-refractivity contribution >= 4 is 33.4 Å². The Balaban J connectivity index is 0.00000156. The van der Waals surface area contributed by atoms with Gasteiger partial charge < -0.3 is 14.2 Å². The number of fused-ring (bicyclic) bond motifs is 3. The second kappa shape index (κ2) is 10.7. The molecule has 7 nitrogen and oxygen atoms in total. The summed E-state index contributed by atoms with van der Waals surface area (Å²) in [6.07, 6.45) is 0. The summed E-state index contributed by atoms with van der Waals surface area (Å²) in [5.74, 6) is 0.362. The zero-order chi connectivity index (χ0) is 26.7. The normalized spacial score (nSPS) is 10.8. The molecule has 7 heteroatoms. The van der Waals surface area contributed by atoms with E-state index >= 15 is 0 Å². The fourth-order valence-corrected chi connectivity index (χ4v) is 4.53. The van der Waals surface area contributed by atoms with Crippen molar-refractivity contribution in [3.63, 3.8) is 0 Å². The highest BCUT2D eigenvalue weighted by atomic mass is 16.5. The third-order valence-corrected chi connectivity index (χ3v) is 6.35. The second-order valence-electron chi connectivity index (χ2n) is 8.45. The summed E-state index contributed by atoms with van der Waals surface area (Å²) in [5.41, 5.74) is 3.58. The first-order valence-electron chi connectivity index (χ1n) is 12.5. The van der Waals surface area contributed by atoms with Crippen LogP contribution in [0.2, 0.25) is 0 Å². The highest BCUT2D eigenvalue weighted by Crippen LogP contribution is 2.32. The zero-order valence-electron chi connectivity index (χ0n) is 22.1. The number of aryl methyl sites for hydroxylation is 2. The maximum Gasteiger partial charge on any atom is 0.296 e. The minimum absolute atomic E-state index is 0.213. The molecule has 0 saturated heterocycles. The van der Waals surface area contributed by atoms with Gasteiger partial charge in [-0.25, -0.2) is 0 Å². The predicted molar refractivity (Wildman–Crippen MR) is 150 cm³/mol. The number of carbonyl (C=O) groups excluding carboxylic acids is 1. The van der Waals surface area contributed by atoms with Crippen LogP contribution in [0.15, 0.2) is 77.6 Å². The molecule has 0 aliphatic carbocycles. The van der Waals surface area contributed by atoms with E-state index < -0.39 is 0 Å². The van der Waals surface area contributed by atoms with Gasteiger partial charge in [-0.3, -0.25) is 9.59 Å². The summed E-state index contributed by atoms with van der Waals surface area (Å²) in [7, 11) is 3.43. The molecular weight excluding hydrogens is 464 g/mol. The molecule has 37 heavy (non-hydrogen) atoms. The number of methoxy groups -OCH3 is 1. The number of benzene rings is 3. The van der Waals surface area contributed by atoms with Crippen LogP contribution in [-0.2, 0) is 7.05 Å². The molecule has 0 saturated carbocycles. The van der Waals surface area contributed by atoms with Crippen LogP contribution in [0.3, 0.4) is 0 Å². The van der Waals surface area contributed by atoms with E-state index in [1.807, 2.05) is 112 Å². The number of hydrogen-bond donors (Lipinski definition) is 0. The van der Waals surface area contributed by atoms with E-state index in [2.05, 4.69) is 5.10 Å². The number of hydrogen-bond acceptors (Lipinski definition) is 4. The van der Waals surface area contributed by atoms with E-state index in [4.69, 9.17) is 4.74 Å². The Morgan fingerprint density at radius 1 is 1.00 bits per heavy atom. The molecule has 0 atom stereocenters. The van der Waals surface area contributed by atoms with Crippen molar-refractivity contribution < 1.29 is 9.53 Å². The van der Waals surface area contributed by atoms with E-state index in [0.29, 0.717) is 28.9 Å². The molecule has 0 aliphatic heterocycles. The lowest BCUT2D eigenvalue weighted by Gasteiger charge is -2.21. The highest BCUT2D eigenvalue weighted by Gasteiger charge is 2.27. The van der Waals surface area contributed by atoms with Crippen molar-refractivity contribution in [2.75, 3.05) is 18.6 Å². The molecule has 0 spiro atoms. The molecule has 5 aromatic rings. The lowest BCUT2D eigenvalue weighted by atomic mass is 10.1. The molecule has 0 aliphatic rings. The molecule has 0 radical (unpaired) electrons. The number of rotatable bonds is 5. The van der Waals surface area contributed by atoms with Crippen molar-refractivity contribution in [3.05, 3.63) is 94.4 Å². The van der Waals surface area contributed by atoms with Crippen molar-refractivity contribution in [1.82, 2.24) is 14.3 Å². The number of ether oxygens (including phenoxy) is 1. The SMILES string of the molecule is CC.CCN(C(=O)c1nn(-c2ccc(C)cc2)c(=O)c2c1c1cc(OC)ccc1n2C)c1ccccc1. The summed E-state index contributed by atoms with van der Waals surface area (Å²) in [6.45, 7) is 8.35. The third kappa shape index (κ3) is 4.48. The van der Waals surface area contributed by atoms with Crippen LogP contribution in [0.5, 0.6) is 5.75 Å². The predicted octanol–water partition coefficient (Wildman–Crippen LogP) is 5.89. The van der Waals surface area contributed by atoms with Crippen molar-refractivity contribution in [2.45, 2.75) is 27.7 Å². The Bertz CT molecular complexity index is 1620. The van der Waals surface area contributed by atoms with Crippen LogP contribution in [-0.4, -0.2) is 33.9 Å². The first-order valence-corrected chi connectivity index (χ1v) is 12.5. The summed E-state index contributed by atoms with van der Waals surface area (Å²) >= 11 is 0. The zero-order valence-corrected chi connectivity index (χ0v) is 22.1. The fraction of sp³-hybridized carbons (Fsp3) is 0.233. The lowest BCUT2D eigenvalue weighted by Crippen LogP contribution is -2.34. The number of anilines is 1. The van der Waals surface area contributed by atoms with Crippen molar-refractivity contribution in [2.24, 2.45) is 7.05 Å². The van der Waals surface area contributed by atoms with Crippen LogP contribution >= 0.6 is 0 Å². The molecule has 2 heterocycles. The number of para-hydroxylation sites is 1. The van der Waals surface area contributed by atoms with Gasteiger partial charge in [0.15, 0.2) is 5.69 Å². The van der Waals surface area contributed by atoms with Crippen molar-refractivity contribution in [1.29, 1.82) is 0 Å². The van der Waals surface area contributed by atoms with Gasteiger partial charge in [-0.05, 0) is 56.3 Å². The summed E-state index contributed by atoms with van der Waals surface area (Å²) in [5, 5.41) is 5.94. The van der Waals surface area contributed by atoms with Gasteiger partial charge in [0.1, 0.15) is 11.3 Å². The lowest BCUT2D eigenvalue weighted by molar-refractivity contribution is 0.0983. The number of amides is 1. The standard InChI is InChI=1S/C28H26N4O3.C2H6/c1-5-31(19-9-7-6-8-10-19)27(33)25-24-22-17-21(35-4)15-16-23(22)30(3)26(24)28(34)32(29-25)20-13-11-18(2)12-14-20;1-2/h6-17H,5H2,1-4H3;1-2H3. The summed E-state index contributed by atoms with van der Waals surface area (Å²) < 4.78 is 8.60. The maximum absolute atomic E-state index is 14.1. The van der Waals surface area contributed by atoms with Crippen molar-refractivity contribution in [3.8, 4) is 11.4 Å². The van der Waals surface area contributed by atoms with E-state index in [1.165, 1.54) is 4.68 Å². The van der Waals surface area contributed by atoms with E-state index in [9.17, 15) is 9.59 Å². The maximum atomic E-state index is 14.1. The molecule has 0 bridgehead atoms. The minimum atomic E-state index is -0.291. The smallest absolute Gasteiger partial charge is 0.296 e. The Morgan fingerprint density at radius 2 is 1.68 bits per heavy atom. The Kier molecular flexibility index (Phi) is 7.43. The van der Waals surface area contributed by atoms with Gasteiger partial charge in [0.2, 0.25) is 0 Å². The monoisotopic (exact) mass is 496 g/mol. The molecular formula is C30H32N4O3. The van der Waals surface area contributed by atoms with Gasteiger partial charge >= 0.3 is 0 Å². The molecule has 190 valence electrons. The van der Waals surface area contributed by atoms with Gasteiger partial charge in [-0.1, -0.05) is 49.7 Å². The topological polar surface area (TPSA) is 69.4 Å². The van der Waals surface area contributed by atoms with Gasteiger partial charge in [0.25, 0.3) is 11.5 Å². The van der Waals surface area contributed by atoms with Gasteiger partial charge in [0.05, 0.1) is 12.8 Å². The first kappa shape index (κ1) is 25.7. The first-order chi connectivity index (χ1) is 17.9. The second-order valence-corrected chi connectivity index (χ2v) is 8.45. The molecule has 5 rings (SSSR count). The number of nitrogens with zero attached hydrogens (tertiary/aromatic N) is 4. The summed E-state index contributed by atoms with van der Waals surface area (Å²) in [6, 6.07) is 22.6. The number of carbonyl (C=O) groups is 1. The van der Waals surface area contributed by atoms with Gasteiger partial charge in [0, 0.05) is 35.6 Å². The van der Waals surface area contributed by atoms with Crippen LogP contribution in [0.4, 0.5) is 5.69 Å². The Morgan fingerprint density at radius 3 is 2.30 bits per heavy atom. The van der Waals surface area contributed by atoms with Crippen LogP contribution in [0.25, 0.3) is 27.5 Å². The van der Waals surface area contributed by atoms with Crippen LogP contribution < -0.4 is 15.2 Å². The molecule has 0 unspecified atom stereocenters.